The van der Waals surface area contributed by atoms with Crippen molar-refractivity contribution in [2.24, 2.45) is 5.92 Å². The van der Waals surface area contributed by atoms with Gasteiger partial charge in [0.25, 0.3) is 0 Å². The molecule has 0 amide bonds. The van der Waals surface area contributed by atoms with Crippen LogP contribution in [0.4, 0.5) is 5.69 Å². The van der Waals surface area contributed by atoms with Gasteiger partial charge in [-0.2, -0.15) is 11.8 Å². The normalized spacial score (nSPS) is 12.6. The highest BCUT2D eigenvalue weighted by atomic mass is 32.2. The molecular formula is C14H23NS. The van der Waals surface area contributed by atoms with Gasteiger partial charge in [0.05, 0.1) is 0 Å². The zero-order valence-corrected chi connectivity index (χ0v) is 11.2. The standard InChI is InChI=1S/C14H23NS/c1-3-12(2)11-16-9-5-7-13-6-4-8-14(15)10-13/h4,6,8,10,12H,3,5,7,9,11,15H2,1-2H3. The lowest BCUT2D eigenvalue weighted by molar-refractivity contribution is 0.636. The number of nitrogens with two attached hydrogens (primary N) is 1. The number of nitrogen functional groups attached to an aromatic ring is 1. The maximum absolute atomic E-state index is 5.74. The van der Waals surface area contributed by atoms with E-state index in [1.54, 1.807) is 0 Å². The third-order valence-electron chi connectivity index (χ3n) is 2.80. The second kappa shape index (κ2) is 7.61. The van der Waals surface area contributed by atoms with E-state index in [0.717, 1.165) is 18.0 Å². The first kappa shape index (κ1) is 13.4. The first-order chi connectivity index (χ1) is 7.72. The van der Waals surface area contributed by atoms with Crippen molar-refractivity contribution >= 4 is 17.4 Å². The number of thioether (sulfide) groups is 1. The predicted octanol–water partition coefficient (Wildman–Crippen LogP) is 3.98. The van der Waals surface area contributed by atoms with Crippen LogP contribution in [0.3, 0.4) is 0 Å². The quantitative estimate of drug-likeness (QED) is 0.573. The van der Waals surface area contributed by atoms with E-state index in [1.165, 1.54) is 29.9 Å². The van der Waals surface area contributed by atoms with Crippen molar-refractivity contribution in [3.05, 3.63) is 29.8 Å². The topological polar surface area (TPSA) is 26.0 Å². The summed E-state index contributed by atoms with van der Waals surface area (Å²) in [5.41, 5.74) is 7.99. The fraction of sp³-hybridized carbons (Fsp3) is 0.571. The molecule has 2 heteroatoms. The highest BCUT2D eigenvalue weighted by Gasteiger charge is 1.99. The molecule has 0 spiro atoms. The molecule has 0 aromatic heterocycles. The van der Waals surface area contributed by atoms with Crippen LogP contribution in [0.25, 0.3) is 0 Å². The fourth-order valence-corrected chi connectivity index (χ4v) is 2.68. The van der Waals surface area contributed by atoms with Gasteiger partial charge >= 0.3 is 0 Å². The molecule has 2 N–H and O–H groups in total. The number of aryl methyl sites for hydroxylation is 1. The molecule has 0 radical (unpaired) electrons. The van der Waals surface area contributed by atoms with Crippen LogP contribution in [0.1, 0.15) is 32.3 Å². The van der Waals surface area contributed by atoms with Crippen molar-refractivity contribution in [3.8, 4) is 0 Å². The van der Waals surface area contributed by atoms with Gasteiger partial charge in [0, 0.05) is 5.69 Å². The smallest absolute Gasteiger partial charge is 0.0316 e. The number of rotatable bonds is 7. The van der Waals surface area contributed by atoms with Crippen molar-refractivity contribution in [2.75, 3.05) is 17.2 Å². The third kappa shape index (κ3) is 5.45. The van der Waals surface area contributed by atoms with E-state index in [1.807, 2.05) is 12.1 Å². The van der Waals surface area contributed by atoms with E-state index in [0.29, 0.717) is 0 Å². The molecular weight excluding hydrogens is 214 g/mol. The molecule has 1 rings (SSSR count). The Hall–Kier alpha value is -0.630. The van der Waals surface area contributed by atoms with Crippen LogP contribution in [0.5, 0.6) is 0 Å². The van der Waals surface area contributed by atoms with Crippen LogP contribution < -0.4 is 5.73 Å². The second-order valence-electron chi connectivity index (χ2n) is 4.44. The molecule has 0 saturated heterocycles. The van der Waals surface area contributed by atoms with E-state index in [4.69, 9.17) is 5.73 Å². The molecule has 0 bridgehead atoms. The lowest BCUT2D eigenvalue weighted by Crippen LogP contribution is -1.97. The number of benzene rings is 1. The molecule has 90 valence electrons. The Balaban J connectivity index is 2.12. The molecule has 1 atom stereocenters. The van der Waals surface area contributed by atoms with Crippen molar-refractivity contribution in [3.63, 3.8) is 0 Å². The zero-order chi connectivity index (χ0) is 11.8. The molecule has 0 aliphatic rings. The van der Waals surface area contributed by atoms with E-state index in [9.17, 15) is 0 Å². The lowest BCUT2D eigenvalue weighted by atomic mass is 10.1. The summed E-state index contributed by atoms with van der Waals surface area (Å²) in [4.78, 5) is 0. The summed E-state index contributed by atoms with van der Waals surface area (Å²) in [6.45, 7) is 4.59. The van der Waals surface area contributed by atoms with Crippen molar-refractivity contribution in [2.45, 2.75) is 33.1 Å². The monoisotopic (exact) mass is 237 g/mol. The number of anilines is 1. The van der Waals surface area contributed by atoms with Crippen LogP contribution in [0, 0.1) is 5.92 Å². The van der Waals surface area contributed by atoms with Gasteiger partial charge in [0.15, 0.2) is 0 Å². The summed E-state index contributed by atoms with van der Waals surface area (Å²) in [5, 5.41) is 0. The summed E-state index contributed by atoms with van der Waals surface area (Å²) < 4.78 is 0. The first-order valence-corrected chi connectivity index (χ1v) is 7.30. The minimum absolute atomic E-state index is 0.859. The maximum Gasteiger partial charge on any atom is 0.0316 e. The summed E-state index contributed by atoms with van der Waals surface area (Å²) in [7, 11) is 0. The number of hydrogen-bond acceptors (Lipinski definition) is 2. The molecule has 0 fully saturated rings. The van der Waals surface area contributed by atoms with Crippen LogP contribution in [0.2, 0.25) is 0 Å². The van der Waals surface area contributed by atoms with Gasteiger partial charge in [-0.15, -0.1) is 0 Å². The van der Waals surface area contributed by atoms with Crippen molar-refractivity contribution in [1.29, 1.82) is 0 Å². The van der Waals surface area contributed by atoms with E-state index in [-0.39, 0.29) is 0 Å². The lowest BCUT2D eigenvalue weighted by Gasteiger charge is -2.07. The van der Waals surface area contributed by atoms with Gasteiger partial charge in [0.2, 0.25) is 0 Å². The Kier molecular flexibility index (Phi) is 6.39. The van der Waals surface area contributed by atoms with E-state index >= 15 is 0 Å². The largest absolute Gasteiger partial charge is 0.399 e. The Morgan fingerprint density at radius 3 is 2.88 bits per heavy atom. The molecule has 0 saturated carbocycles. The summed E-state index contributed by atoms with van der Waals surface area (Å²) in [5.74, 6) is 3.42. The predicted molar refractivity (Wildman–Crippen MR) is 76.0 cm³/mol. The average molecular weight is 237 g/mol. The van der Waals surface area contributed by atoms with Crippen LogP contribution in [-0.4, -0.2) is 11.5 Å². The molecule has 1 aromatic carbocycles. The molecule has 0 aliphatic carbocycles. The molecule has 16 heavy (non-hydrogen) atoms. The van der Waals surface area contributed by atoms with Crippen LogP contribution in [0.15, 0.2) is 24.3 Å². The van der Waals surface area contributed by atoms with Crippen LogP contribution >= 0.6 is 11.8 Å². The van der Waals surface area contributed by atoms with E-state index < -0.39 is 0 Å². The van der Waals surface area contributed by atoms with Gasteiger partial charge in [-0.3, -0.25) is 0 Å². The van der Waals surface area contributed by atoms with Crippen LogP contribution in [-0.2, 0) is 6.42 Å². The molecule has 0 heterocycles. The highest BCUT2D eigenvalue weighted by Crippen LogP contribution is 2.14. The fourth-order valence-electron chi connectivity index (χ4n) is 1.53. The summed E-state index contributed by atoms with van der Waals surface area (Å²) in [6.07, 6.45) is 3.70. The Labute approximate surface area is 104 Å². The number of hydrogen-bond donors (Lipinski definition) is 1. The Morgan fingerprint density at radius 1 is 1.38 bits per heavy atom. The molecule has 1 nitrogen and oxygen atoms in total. The van der Waals surface area contributed by atoms with Crippen molar-refractivity contribution < 1.29 is 0 Å². The maximum atomic E-state index is 5.74. The molecule has 1 aromatic rings. The molecule has 0 aliphatic heterocycles. The van der Waals surface area contributed by atoms with Gasteiger partial charge in [-0.25, -0.2) is 0 Å². The van der Waals surface area contributed by atoms with Gasteiger partial charge < -0.3 is 5.73 Å². The van der Waals surface area contributed by atoms with Crippen molar-refractivity contribution in [1.82, 2.24) is 0 Å². The first-order valence-electron chi connectivity index (χ1n) is 6.14. The van der Waals surface area contributed by atoms with E-state index in [2.05, 4.69) is 37.7 Å². The SMILES string of the molecule is CCC(C)CSCCCc1cccc(N)c1. The summed E-state index contributed by atoms with van der Waals surface area (Å²) >= 11 is 2.08. The highest BCUT2D eigenvalue weighted by molar-refractivity contribution is 7.99. The minimum atomic E-state index is 0.859. The molecule has 1 unspecified atom stereocenters. The third-order valence-corrected chi connectivity index (χ3v) is 4.19. The minimum Gasteiger partial charge on any atom is -0.399 e. The zero-order valence-electron chi connectivity index (χ0n) is 10.4. The second-order valence-corrected chi connectivity index (χ2v) is 5.59. The van der Waals surface area contributed by atoms with Gasteiger partial charge in [0.1, 0.15) is 0 Å². The summed E-state index contributed by atoms with van der Waals surface area (Å²) in [6, 6.07) is 8.23. The van der Waals surface area contributed by atoms with Gasteiger partial charge in [-0.05, 0) is 48.0 Å². The average Bonchev–Trinajstić information content (AvgIpc) is 2.28. The Morgan fingerprint density at radius 2 is 2.19 bits per heavy atom. The van der Waals surface area contributed by atoms with Gasteiger partial charge in [-0.1, -0.05) is 32.4 Å². The Bertz CT molecular complexity index is 299.